The van der Waals surface area contributed by atoms with Crippen molar-refractivity contribution >= 4 is 23.8 Å². The Bertz CT molecular complexity index is 2280. The summed E-state index contributed by atoms with van der Waals surface area (Å²) in [5, 5.41) is 32.8. The zero-order valence-corrected chi connectivity index (χ0v) is 35.2. The van der Waals surface area contributed by atoms with Crippen molar-refractivity contribution in [2.24, 2.45) is 5.10 Å². The number of nitrogens with one attached hydrogen (secondary N) is 3. The number of anilines is 1. The van der Waals surface area contributed by atoms with Gasteiger partial charge in [-0.05, 0) is 78.8 Å². The Hall–Kier alpha value is -7.00. The summed E-state index contributed by atoms with van der Waals surface area (Å²) in [7, 11) is 0. The number of aryl methyl sites for hydroxylation is 1. The largest absolute Gasteiger partial charge is 0.507 e. The molecule has 0 aliphatic carbocycles. The van der Waals surface area contributed by atoms with Crippen LogP contribution in [0.3, 0.4) is 0 Å². The molecule has 0 fully saturated rings. The predicted molar refractivity (Wildman–Crippen MR) is 239 cm³/mol. The van der Waals surface area contributed by atoms with Crippen LogP contribution >= 0.6 is 0 Å². The number of hydrogen-bond donors (Lipinski definition) is 4. The third kappa shape index (κ3) is 14.0. The predicted octanol–water partition coefficient (Wildman–Crippen LogP) is 7.21. The molecule has 62 heavy (non-hydrogen) atoms. The van der Waals surface area contributed by atoms with Gasteiger partial charge >= 0.3 is 0 Å². The van der Waals surface area contributed by atoms with Gasteiger partial charge in [0.05, 0.1) is 43.8 Å². The Kier molecular flexibility index (Phi) is 16.6. The highest BCUT2D eigenvalue weighted by atomic mass is 16.5. The lowest BCUT2D eigenvalue weighted by Gasteiger charge is -2.20. The molecule has 15 heteroatoms. The normalized spacial score (nSPS) is 11.4. The molecule has 322 valence electrons. The number of benzene rings is 3. The SMILES string of the molecule is CC(C)(CCCCOc1cc(-c2ccccc2)cc(-c2ccccc2)n1)c1nnn(CCCCC(=O)NCCOCCNC(=O)c2ccc(N/N=C/c3ccccc3O)nc2)n1. The molecule has 0 aliphatic rings. The number of carbonyl (C=O) groups excluding carboxylic acids is 2. The van der Waals surface area contributed by atoms with Gasteiger partial charge in [-0.1, -0.05) is 86.6 Å². The Morgan fingerprint density at radius 2 is 1.55 bits per heavy atom. The molecule has 15 nitrogen and oxygen atoms in total. The number of pyridine rings is 2. The highest BCUT2D eigenvalue weighted by molar-refractivity contribution is 5.94. The van der Waals surface area contributed by atoms with Crippen LogP contribution in [0.1, 0.15) is 74.1 Å². The molecular weight excluding hydrogens is 785 g/mol. The first-order valence-corrected chi connectivity index (χ1v) is 20.9. The zero-order chi connectivity index (χ0) is 43.4. The summed E-state index contributed by atoms with van der Waals surface area (Å²) in [6.45, 7) is 6.69. The van der Waals surface area contributed by atoms with E-state index in [1.54, 1.807) is 41.2 Å². The minimum absolute atomic E-state index is 0.0510. The van der Waals surface area contributed by atoms with Crippen LogP contribution in [-0.4, -0.2) is 86.2 Å². The molecule has 0 atom stereocenters. The van der Waals surface area contributed by atoms with E-state index in [-0.39, 0.29) is 23.0 Å². The average molecular weight is 839 g/mol. The second kappa shape index (κ2) is 23.1. The Balaban J connectivity index is 0.799. The van der Waals surface area contributed by atoms with Gasteiger partial charge in [0, 0.05) is 48.3 Å². The van der Waals surface area contributed by atoms with Crippen molar-refractivity contribution in [2.45, 2.75) is 64.3 Å². The summed E-state index contributed by atoms with van der Waals surface area (Å²) in [5.74, 6) is 1.55. The van der Waals surface area contributed by atoms with Crippen molar-refractivity contribution < 1.29 is 24.2 Å². The van der Waals surface area contributed by atoms with Crippen LogP contribution < -0.4 is 20.8 Å². The maximum atomic E-state index is 12.4. The van der Waals surface area contributed by atoms with Crippen molar-refractivity contribution in [1.82, 2.24) is 40.8 Å². The number of tetrazole rings is 1. The number of phenolic OH excluding ortho intramolecular Hbond substituents is 1. The molecule has 6 rings (SSSR count). The molecule has 4 N–H and O–H groups in total. The van der Waals surface area contributed by atoms with Crippen molar-refractivity contribution in [3.63, 3.8) is 0 Å². The van der Waals surface area contributed by atoms with E-state index in [9.17, 15) is 14.7 Å². The monoisotopic (exact) mass is 838 g/mol. The third-order valence-corrected chi connectivity index (χ3v) is 9.94. The molecule has 0 saturated carbocycles. The minimum atomic E-state index is -0.282. The number of aromatic nitrogens is 6. The van der Waals surface area contributed by atoms with E-state index in [0.29, 0.717) is 80.9 Å². The molecule has 0 aliphatic heterocycles. The maximum Gasteiger partial charge on any atom is 0.252 e. The summed E-state index contributed by atoms with van der Waals surface area (Å²) in [6, 6.07) is 34.6. The lowest BCUT2D eigenvalue weighted by molar-refractivity contribution is -0.121. The second-order valence-corrected chi connectivity index (χ2v) is 15.2. The number of para-hydroxylation sites is 1. The molecule has 0 bridgehead atoms. The van der Waals surface area contributed by atoms with E-state index in [1.807, 2.05) is 42.5 Å². The van der Waals surface area contributed by atoms with E-state index in [4.69, 9.17) is 14.5 Å². The topological polar surface area (TPSA) is 191 Å². The van der Waals surface area contributed by atoms with E-state index in [1.165, 1.54) is 12.4 Å². The summed E-state index contributed by atoms with van der Waals surface area (Å²) in [4.78, 5) is 35.4. The number of rotatable bonds is 24. The molecule has 3 heterocycles. The quantitative estimate of drug-likeness (QED) is 0.0274. The van der Waals surface area contributed by atoms with Gasteiger partial charge in [0.25, 0.3) is 5.91 Å². The highest BCUT2D eigenvalue weighted by Crippen LogP contribution is 2.30. The van der Waals surface area contributed by atoms with E-state index in [0.717, 1.165) is 48.1 Å². The van der Waals surface area contributed by atoms with Crippen LogP contribution in [0, 0.1) is 0 Å². The Labute approximate surface area is 362 Å². The number of hydrazone groups is 1. The number of unbranched alkanes of at least 4 members (excludes halogenated alkanes) is 2. The van der Waals surface area contributed by atoms with Crippen molar-refractivity contribution in [2.75, 3.05) is 38.3 Å². The average Bonchev–Trinajstić information content (AvgIpc) is 3.79. The first kappa shape index (κ1) is 44.5. The van der Waals surface area contributed by atoms with Crippen LogP contribution in [0.4, 0.5) is 5.82 Å². The molecule has 3 aromatic carbocycles. The van der Waals surface area contributed by atoms with E-state index >= 15 is 0 Å². The first-order valence-electron chi connectivity index (χ1n) is 20.9. The van der Waals surface area contributed by atoms with Gasteiger partial charge in [-0.3, -0.25) is 15.0 Å². The molecule has 3 aromatic heterocycles. The van der Waals surface area contributed by atoms with Crippen LogP contribution in [0.2, 0.25) is 0 Å². The van der Waals surface area contributed by atoms with E-state index < -0.39 is 0 Å². The number of amides is 2. The zero-order valence-electron chi connectivity index (χ0n) is 35.2. The lowest BCUT2D eigenvalue weighted by Crippen LogP contribution is -2.30. The molecule has 0 spiro atoms. The number of aromatic hydroxyl groups is 1. The molecule has 2 amide bonds. The molecule has 0 radical (unpaired) electrons. The van der Waals surface area contributed by atoms with Gasteiger partial charge in [-0.2, -0.15) is 9.90 Å². The van der Waals surface area contributed by atoms with Gasteiger partial charge in [0.2, 0.25) is 11.8 Å². The fourth-order valence-electron chi connectivity index (χ4n) is 6.39. The molecule has 0 saturated heterocycles. The summed E-state index contributed by atoms with van der Waals surface area (Å²) in [6.07, 6.45) is 7.39. The first-order chi connectivity index (χ1) is 30.2. The summed E-state index contributed by atoms with van der Waals surface area (Å²) >= 11 is 0. The van der Waals surface area contributed by atoms with Crippen LogP contribution in [0.5, 0.6) is 11.6 Å². The lowest BCUT2D eigenvalue weighted by atomic mass is 9.86. The number of ether oxygens (including phenoxy) is 2. The van der Waals surface area contributed by atoms with Crippen LogP contribution in [0.15, 0.2) is 120 Å². The smallest absolute Gasteiger partial charge is 0.252 e. The minimum Gasteiger partial charge on any atom is -0.507 e. The number of nitrogens with zero attached hydrogens (tertiary/aromatic N) is 7. The second-order valence-electron chi connectivity index (χ2n) is 15.2. The third-order valence-electron chi connectivity index (χ3n) is 9.94. The van der Waals surface area contributed by atoms with Crippen LogP contribution in [0.25, 0.3) is 22.4 Å². The van der Waals surface area contributed by atoms with Crippen molar-refractivity contribution in [3.05, 3.63) is 132 Å². The van der Waals surface area contributed by atoms with Gasteiger partial charge in [-0.15, -0.1) is 10.2 Å². The van der Waals surface area contributed by atoms with Crippen molar-refractivity contribution in [1.29, 1.82) is 0 Å². The summed E-state index contributed by atoms with van der Waals surface area (Å²) in [5.41, 5.74) is 7.56. The maximum absolute atomic E-state index is 12.4. The van der Waals surface area contributed by atoms with Gasteiger partial charge in [0.15, 0.2) is 5.82 Å². The number of phenols is 1. The summed E-state index contributed by atoms with van der Waals surface area (Å²) < 4.78 is 11.8. The fraction of sp³-hybridized carbons (Fsp3) is 0.319. The number of carbonyl (C=O) groups is 2. The van der Waals surface area contributed by atoms with Crippen LogP contribution in [-0.2, 0) is 21.5 Å². The van der Waals surface area contributed by atoms with Gasteiger partial charge in [-0.25, -0.2) is 9.97 Å². The number of hydrogen-bond acceptors (Lipinski definition) is 12. The van der Waals surface area contributed by atoms with Gasteiger partial charge in [0.1, 0.15) is 11.6 Å². The molecule has 6 aromatic rings. The van der Waals surface area contributed by atoms with Crippen molar-refractivity contribution in [3.8, 4) is 34.0 Å². The fourth-order valence-corrected chi connectivity index (χ4v) is 6.39. The Morgan fingerprint density at radius 3 is 2.31 bits per heavy atom. The molecular formula is C47H54N10O5. The van der Waals surface area contributed by atoms with Gasteiger partial charge < -0.3 is 25.2 Å². The molecule has 0 unspecified atom stereocenters. The standard InChI is InChI=1S/C47H54N10O5/c1-47(2,24-12-14-28-62-44-32-39(35-15-5-3-6-16-35)31-40(52-44)36-17-7-4-8-18-36)46-54-56-57(55-46)27-13-11-21-43(59)48-25-29-61-30-26-49-45(60)38-22-23-42(50-33-38)53-51-34-37-19-9-10-20-41(37)58/h3-10,15-20,22-23,31-34,58H,11-14,21,24-30H2,1-2H3,(H,48,59)(H,49,60)(H,50,53)/b51-34+. The van der Waals surface area contributed by atoms with E-state index in [2.05, 4.69) is 85.7 Å². The Morgan fingerprint density at radius 1 is 0.806 bits per heavy atom. The highest BCUT2D eigenvalue weighted by Gasteiger charge is 2.26.